The molecule has 0 saturated heterocycles. The van der Waals surface area contributed by atoms with Crippen molar-refractivity contribution in [3.05, 3.63) is 0 Å². The molecule has 0 bridgehead atoms. The molecule has 7 nitrogen and oxygen atoms in total. The highest BCUT2D eigenvalue weighted by Gasteiger charge is 2.16. The van der Waals surface area contributed by atoms with Crippen LogP contribution in [0, 0.1) is 0 Å². The van der Waals surface area contributed by atoms with Crippen LogP contribution in [0.25, 0.3) is 0 Å². The van der Waals surface area contributed by atoms with Crippen LogP contribution in [-0.2, 0) is 14.3 Å². The lowest BCUT2D eigenvalue weighted by Gasteiger charge is -2.34. The van der Waals surface area contributed by atoms with Crippen LogP contribution in [0.3, 0.4) is 0 Å². The first-order chi connectivity index (χ1) is 13.5. The second kappa shape index (κ2) is 23.1. The molecule has 0 rings (SSSR count). The summed E-state index contributed by atoms with van der Waals surface area (Å²) in [5, 5.41) is 17.9. The molecule has 0 aliphatic carbocycles. The highest BCUT2D eigenvalue weighted by atomic mass is 16.5. The molecule has 0 N–H and O–H groups in total. The van der Waals surface area contributed by atoms with Gasteiger partial charge >= 0.3 is 0 Å². The molecule has 0 aromatic carbocycles. The summed E-state index contributed by atoms with van der Waals surface area (Å²) in [6.45, 7) is 34.1. The molecule has 0 aromatic rings. The van der Waals surface area contributed by atoms with E-state index in [-0.39, 0.29) is 0 Å². The number of ether oxygens (including phenoxy) is 1. The summed E-state index contributed by atoms with van der Waals surface area (Å²) >= 11 is 0. The number of carbonyl (C=O) groups is 2. The normalized spacial score (nSPS) is 10.4. The molecule has 0 fully saturated rings. The van der Waals surface area contributed by atoms with Gasteiger partial charge in [0.15, 0.2) is 0 Å². The molecule has 0 heterocycles. The zero-order valence-corrected chi connectivity index (χ0v) is 21.0. The van der Waals surface area contributed by atoms with E-state index in [1.54, 1.807) is 0 Å². The number of aliphatic carboxylic acids is 2. The van der Waals surface area contributed by atoms with E-state index >= 15 is 0 Å². The number of carboxylic acids is 2. The number of carbonyl (C=O) groups excluding carboxylic acids is 2. The second-order valence-corrected chi connectivity index (χ2v) is 6.57. The van der Waals surface area contributed by atoms with Gasteiger partial charge in [0.25, 0.3) is 0 Å². The van der Waals surface area contributed by atoms with Crippen LogP contribution in [0.4, 0.5) is 0 Å². The third-order valence-corrected chi connectivity index (χ3v) is 5.94. The van der Waals surface area contributed by atoms with Crippen molar-refractivity contribution in [1.82, 2.24) is 0 Å². The van der Waals surface area contributed by atoms with Crippen LogP contribution in [0.5, 0.6) is 0 Å². The Morgan fingerprint density at radius 2 is 0.690 bits per heavy atom. The van der Waals surface area contributed by atoms with Crippen molar-refractivity contribution in [3.63, 3.8) is 0 Å². The molecule has 0 atom stereocenters. The van der Waals surface area contributed by atoms with Gasteiger partial charge in [0.2, 0.25) is 0 Å². The Balaban J connectivity index is -0.000000148. The number of nitrogens with zero attached hydrogens (tertiary/aromatic N) is 2. The summed E-state index contributed by atoms with van der Waals surface area (Å²) in [7, 11) is 0. The van der Waals surface area contributed by atoms with Gasteiger partial charge in [-0.1, -0.05) is 0 Å². The molecule has 0 spiro atoms. The molecule has 0 aliphatic heterocycles. The number of hydrogen-bond donors (Lipinski definition) is 0. The summed E-state index contributed by atoms with van der Waals surface area (Å²) < 4.78 is 7.39. The quantitative estimate of drug-likeness (QED) is 0.391. The van der Waals surface area contributed by atoms with Gasteiger partial charge in [0.05, 0.1) is 64.3 Å². The molecule has 7 heteroatoms. The van der Waals surface area contributed by atoms with Gasteiger partial charge < -0.3 is 33.5 Å². The molecule has 0 unspecified atom stereocenters. The van der Waals surface area contributed by atoms with Gasteiger partial charge in [0, 0.05) is 13.2 Å². The van der Waals surface area contributed by atoms with Gasteiger partial charge in [0.1, 0.15) is 0 Å². The Labute approximate surface area is 180 Å². The van der Waals surface area contributed by atoms with E-state index in [0.29, 0.717) is 0 Å². The van der Waals surface area contributed by atoms with Gasteiger partial charge in [-0.25, -0.2) is 0 Å². The van der Waals surface area contributed by atoms with E-state index in [1.807, 2.05) is 13.8 Å². The average Bonchev–Trinajstić information content (AvgIpc) is 2.74. The van der Waals surface area contributed by atoms with Crippen molar-refractivity contribution < 1.29 is 33.5 Å². The minimum atomic E-state index is -2.19. The summed E-state index contributed by atoms with van der Waals surface area (Å²) in [6, 6.07) is 0. The highest BCUT2D eigenvalue weighted by Crippen LogP contribution is 2.03. The molecule has 29 heavy (non-hydrogen) atoms. The maximum absolute atomic E-state index is 8.93. The summed E-state index contributed by atoms with van der Waals surface area (Å²) in [5.41, 5.74) is 0. The van der Waals surface area contributed by atoms with Gasteiger partial charge in [-0.15, -0.1) is 0 Å². The predicted molar refractivity (Wildman–Crippen MR) is 117 cm³/mol. The van der Waals surface area contributed by atoms with Gasteiger partial charge in [-0.3, -0.25) is 0 Å². The fraction of sp³-hybridized carbons (Fsp3) is 0.909. The molecule has 0 aromatic heterocycles. The first kappa shape index (κ1) is 35.3. The Hall–Kier alpha value is -1.18. The molecule has 0 aliphatic rings. The average molecular weight is 423 g/mol. The Morgan fingerprint density at radius 3 is 0.690 bits per heavy atom. The van der Waals surface area contributed by atoms with Crippen LogP contribution in [0.15, 0.2) is 0 Å². The van der Waals surface area contributed by atoms with Crippen molar-refractivity contribution in [3.8, 4) is 0 Å². The minimum absolute atomic E-state index is 0.844. The molecule has 0 amide bonds. The number of hydrogen-bond acceptors (Lipinski definition) is 5. The smallest absolute Gasteiger partial charge is 0.0870 e. The van der Waals surface area contributed by atoms with Crippen LogP contribution in [0.1, 0.15) is 69.2 Å². The summed E-state index contributed by atoms with van der Waals surface area (Å²) in [6.07, 6.45) is 0. The zero-order valence-electron chi connectivity index (χ0n) is 21.0. The lowest BCUT2D eigenvalue weighted by Crippen LogP contribution is -2.47. The summed E-state index contributed by atoms with van der Waals surface area (Å²) in [5.74, 6) is -4.37. The van der Waals surface area contributed by atoms with E-state index in [4.69, 9.17) is 24.5 Å². The maximum Gasteiger partial charge on any atom is 0.0870 e. The number of carboxylic acid groups (broad SMARTS) is 2. The van der Waals surface area contributed by atoms with E-state index in [9.17, 15) is 0 Å². The maximum atomic E-state index is 8.93. The third-order valence-electron chi connectivity index (χ3n) is 5.94. The molecule has 0 radical (unpaired) electrons. The predicted octanol–water partition coefficient (Wildman–Crippen LogP) is 1.29. The molecule has 0 saturated carbocycles. The van der Waals surface area contributed by atoms with Crippen molar-refractivity contribution >= 4 is 11.9 Å². The number of quaternary nitrogens is 2. The van der Waals surface area contributed by atoms with Crippen molar-refractivity contribution in [2.24, 2.45) is 0 Å². The number of rotatable bonds is 10. The fourth-order valence-corrected chi connectivity index (χ4v) is 2.89. The SMILES string of the molecule is CCOCC.CC[N+](CC)(CC)CC.CC[N+](CC)(CC)CC.O=C([O-])C(=O)[O-]. The van der Waals surface area contributed by atoms with Crippen LogP contribution >= 0.6 is 0 Å². The Bertz CT molecular complexity index is 299. The second-order valence-electron chi connectivity index (χ2n) is 6.57. The van der Waals surface area contributed by atoms with Crippen LogP contribution in [-0.4, -0.2) is 86.5 Å². The van der Waals surface area contributed by atoms with E-state index in [1.165, 1.54) is 61.3 Å². The summed E-state index contributed by atoms with van der Waals surface area (Å²) in [4.78, 5) is 17.9. The van der Waals surface area contributed by atoms with Crippen molar-refractivity contribution in [2.75, 3.05) is 65.6 Å². The van der Waals surface area contributed by atoms with Crippen molar-refractivity contribution in [1.29, 1.82) is 0 Å². The van der Waals surface area contributed by atoms with E-state index in [0.717, 1.165) is 13.2 Å². The highest BCUT2D eigenvalue weighted by molar-refractivity contribution is 6.25. The first-order valence-corrected chi connectivity index (χ1v) is 11.2. The van der Waals surface area contributed by atoms with E-state index in [2.05, 4.69) is 55.4 Å². The Morgan fingerprint density at radius 1 is 0.517 bits per heavy atom. The monoisotopic (exact) mass is 422 g/mol. The van der Waals surface area contributed by atoms with Crippen LogP contribution in [0.2, 0.25) is 0 Å². The Kier molecular flexibility index (Phi) is 28.1. The lowest BCUT2D eigenvalue weighted by atomic mass is 10.3. The fourth-order valence-electron chi connectivity index (χ4n) is 2.89. The largest absolute Gasteiger partial charge is 0.543 e. The van der Waals surface area contributed by atoms with Gasteiger partial charge in [-0.05, 0) is 69.2 Å². The first-order valence-electron chi connectivity index (χ1n) is 11.2. The minimum Gasteiger partial charge on any atom is -0.543 e. The third kappa shape index (κ3) is 19.9. The van der Waals surface area contributed by atoms with Crippen LogP contribution < -0.4 is 10.2 Å². The van der Waals surface area contributed by atoms with Gasteiger partial charge in [-0.2, -0.15) is 0 Å². The van der Waals surface area contributed by atoms with E-state index < -0.39 is 11.9 Å². The standard InChI is InChI=1S/2C8H20N.C4H10O.C2H2O4/c2*1-5-9(6-2,7-3)8-4;1-3-5-4-2;3-1(4)2(5)6/h2*5-8H2,1-4H3;3-4H2,1-2H3;(H,3,4)(H,5,6)/q2*+1;;/p-2. The molecular formula is C22H50N2O5. The lowest BCUT2D eigenvalue weighted by molar-refractivity contribution is -0.921. The molecular weight excluding hydrogens is 372 g/mol. The zero-order chi connectivity index (χ0) is 23.9. The topological polar surface area (TPSA) is 89.5 Å². The molecule has 178 valence electrons. The van der Waals surface area contributed by atoms with Crippen molar-refractivity contribution in [2.45, 2.75) is 69.2 Å².